The van der Waals surface area contributed by atoms with E-state index in [9.17, 15) is 9.50 Å². The minimum absolute atomic E-state index is 0.238. The minimum Gasteiger partial charge on any atom is -0.388 e. The molecule has 2 rings (SSSR count). The van der Waals surface area contributed by atoms with Crippen molar-refractivity contribution in [1.29, 1.82) is 0 Å². The fraction of sp³-hybridized carbons (Fsp3) is 0.600. The molecule has 1 saturated carbocycles. The highest BCUT2D eigenvalue weighted by Gasteiger charge is 2.27. The Morgan fingerprint density at radius 2 is 2.17 bits per heavy atom. The van der Waals surface area contributed by atoms with E-state index in [1.54, 1.807) is 6.07 Å². The predicted molar refractivity (Wildman–Crippen MR) is 72.1 cm³/mol. The van der Waals surface area contributed by atoms with E-state index in [-0.39, 0.29) is 11.7 Å². The van der Waals surface area contributed by atoms with Crippen molar-refractivity contribution >= 4 is 11.6 Å². The van der Waals surface area contributed by atoms with Gasteiger partial charge in [-0.1, -0.05) is 37.8 Å². The zero-order chi connectivity index (χ0) is 13.1. The molecule has 1 N–H and O–H groups in total. The maximum absolute atomic E-state index is 13.3. The van der Waals surface area contributed by atoms with Gasteiger partial charge in [0.1, 0.15) is 5.82 Å². The summed E-state index contributed by atoms with van der Waals surface area (Å²) < 4.78 is 13.3. The van der Waals surface area contributed by atoms with Gasteiger partial charge in [0.25, 0.3) is 0 Å². The van der Waals surface area contributed by atoms with E-state index in [2.05, 4.69) is 6.92 Å². The van der Waals surface area contributed by atoms with E-state index in [1.165, 1.54) is 18.6 Å². The molecule has 1 aromatic carbocycles. The maximum Gasteiger partial charge on any atom is 0.125 e. The van der Waals surface area contributed by atoms with Crippen LogP contribution < -0.4 is 0 Å². The lowest BCUT2D eigenvalue weighted by atomic mass is 9.76. The minimum atomic E-state index is -0.590. The van der Waals surface area contributed by atoms with Crippen LogP contribution in [0.2, 0.25) is 5.02 Å². The summed E-state index contributed by atoms with van der Waals surface area (Å²) in [7, 11) is 0. The van der Waals surface area contributed by atoms with Crippen LogP contribution in [0, 0.1) is 17.7 Å². The van der Waals surface area contributed by atoms with Crippen molar-refractivity contribution in [3.05, 3.63) is 34.6 Å². The Morgan fingerprint density at radius 3 is 2.83 bits per heavy atom. The normalized spacial score (nSPS) is 26.0. The van der Waals surface area contributed by atoms with E-state index in [0.29, 0.717) is 16.5 Å². The first-order valence-electron chi connectivity index (χ1n) is 6.74. The van der Waals surface area contributed by atoms with Crippen molar-refractivity contribution in [2.24, 2.45) is 11.8 Å². The Balaban J connectivity index is 2.12. The first-order chi connectivity index (χ1) is 8.60. The van der Waals surface area contributed by atoms with Gasteiger partial charge >= 0.3 is 0 Å². The zero-order valence-electron chi connectivity index (χ0n) is 10.7. The number of aliphatic hydroxyl groups is 1. The summed E-state index contributed by atoms with van der Waals surface area (Å²) in [5, 5.41) is 10.7. The molecule has 0 heterocycles. The lowest BCUT2D eigenvalue weighted by Crippen LogP contribution is -2.21. The van der Waals surface area contributed by atoms with Gasteiger partial charge in [-0.3, -0.25) is 0 Å². The summed E-state index contributed by atoms with van der Waals surface area (Å²) in [5.41, 5.74) is 0.613. The van der Waals surface area contributed by atoms with Crippen LogP contribution in [0.5, 0.6) is 0 Å². The number of hydrogen-bond acceptors (Lipinski definition) is 1. The van der Waals surface area contributed by atoms with E-state index < -0.39 is 6.10 Å². The average molecular weight is 271 g/mol. The molecule has 1 aliphatic carbocycles. The predicted octanol–water partition coefficient (Wildman–Crippen LogP) is 4.73. The highest BCUT2D eigenvalue weighted by molar-refractivity contribution is 6.30. The second-order valence-corrected chi connectivity index (χ2v) is 5.79. The number of aliphatic hydroxyl groups excluding tert-OH is 1. The Kier molecular flexibility index (Phi) is 4.63. The van der Waals surface area contributed by atoms with Crippen molar-refractivity contribution in [3.63, 3.8) is 0 Å². The van der Waals surface area contributed by atoms with E-state index in [0.717, 1.165) is 25.7 Å². The standard InChI is InChI=1S/C15H20ClFO/c1-2-10-4-3-5-11(6-10)15(18)12-7-13(16)9-14(17)8-12/h7-11,15,18H,2-6H2,1H3. The fourth-order valence-electron chi connectivity index (χ4n) is 3.01. The number of halogens is 2. The van der Waals surface area contributed by atoms with Gasteiger partial charge in [-0.2, -0.15) is 0 Å². The number of rotatable bonds is 3. The molecule has 0 radical (unpaired) electrons. The number of hydrogen-bond donors (Lipinski definition) is 1. The average Bonchev–Trinajstić information content (AvgIpc) is 2.37. The van der Waals surface area contributed by atoms with Gasteiger partial charge in [0, 0.05) is 5.02 Å². The molecule has 1 aromatic rings. The van der Waals surface area contributed by atoms with Gasteiger partial charge in [-0.05, 0) is 48.4 Å². The molecule has 0 aromatic heterocycles. The fourth-order valence-corrected chi connectivity index (χ4v) is 3.24. The first kappa shape index (κ1) is 13.8. The molecule has 0 aliphatic heterocycles. The van der Waals surface area contributed by atoms with Crippen molar-refractivity contribution < 1.29 is 9.50 Å². The van der Waals surface area contributed by atoms with Gasteiger partial charge in [-0.25, -0.2) is 4.39 Å². The van der Waals surface area contributed by atoms with Crippen LogP contribution in [0.3, 0.4) is 0 Å². The highest BCUT2D eigenvalue weighted by Crippen LogP contribution is 2.38. The molecule has 1 nitrogen and oxygen atoms in total. The maximum atomic E-state index is 13.3. The van der Waals surface area contributed by atoms with Crippen LogP contribution in [0.1, 0.15) is 50.7 Å². The van der Waals surface area contributed by atoms with Crippen molar-refractivity contribution in [1.82, 2.24) is 0 Å². The summed E-state index contributed by atoms with van der Waals surface area (Å²) in [6.45, 7) is 2.19. The monoisotopic (exact) mass is 270 g/mol. The van der Waals surface area contributed by atoms with Gasteiger partial charge in [0.15, 0.2) is 0 Å². The van der Waals surface area contributed by atoms with Crippen LogP contribution >= 0.6 is 11.6 Å². The van der Waals surface area contributed by atoms with Crippen LogP contribution in [-0.4, -0.2) is 5.11 Å². The third kappa shape index (κ3) is 3.24. The highest BCUT2D eigenvalue weighted by atomic mass is 35.5. The Hall–Kier alpha value is -0.600. The summed E-state index contributed by atoms with van der Waals surface area (Å²) in [6.07, 6.45) is 5.03. The Morgan fingerprint density at radius 1 is 1.39 bits per heavy atom. The third-order valence-electron chi connectivity index (χ3n) is 4.07. The smallest absolute Gasteiger partial charge is 0.125 e. The van der Waals surface area contributed by atoms with Crippen LogP contribution in [0.15, 0.2) is 18.2 Å². The second-order valence-electron chi connectivity index (χ2n) is 5.35. The third-order valence-corrected chi connectivity index (χ3v) is 4.29. The van der Waals surface area contributed by atoms with Crippen LogP contribution in [0.4, 0.5) is 4.39 Å². The van der Waals surface area contributed by atoms with Crippen molar-refractivity contribution in [3.8, 4) is 0 Å². The summed E-state index contributed by atoms with van der Waals surface area (Å²) in [5.74, 6) is 0.559. The second kappa shape index (κ2) is 6.03. The SMILES string of the molecule is CCC1CCCC(C(O)c2cc(F)cc(Cl)c2)C1. The van der Waals surface area contributed by atoms with Crippen molar-refractivity contribution in [2.45, 2.75) is 45.1 Å². The van der Waals surface area contributed by atoms with Crippen LogP contribution in [0.25, 0.3) is 0 Å². The largest absolute Gasteiger partial charge is 0.388 e. The van der Waals surface area contributed by atoms with Crippen molar-refractivity contribution in [2.75, 3.05) is 0 Å². The van der Waals surface area contributed by atoms with Gasteiger partial charge in [-0.15, -0.1) is 0 Å². The molecule has 3 atom stereocenters. The molecule has 1 aliphatic rings. The van der Waals surface area contributed by atoms with Gasteiger partial charge < -0.3 is 5.11 Å². The van der Waals surface area contributed by atoms with Gasteiger partial charge in [0.05, 0.1) is 6.10 Å². The lowest BCUT2D eigenvalue weighted by Gasteiger charge is -2.32. The van der Waals surface area contributed by atoms with E-state index >= 15 is 0 Å². The zero-order valence-corrected chi connectivity index (χ0v) is 11.5. The van der Waals surface area contributed by atoms with Gasteiger partial charge in [0.2, 0.25) is 0 Å². The summed E-state index contributed by atoms with van der Waals surface area (Å²) in [4.78, 5) is 0. The number of benzene rings is 1. The molecular weight excluding hydrogens is 251 g/mol. The van der Waals surface area contributed by atoms with E-state index in [4.69, 9.17) is 11.6 Å². The Labute approximate surface area is 113 Å². The summed E-state index contributed by atoms with van der Waals surface area (Å²) >= 11 is 5.84. The molecule has 0 bridgehead atoms. The quantitative estimate of drug-likeness (QED) is 0.842. The summed E-state index contributed by atoms with van der Waals surface area (Å²) in [6, 6.07) is 4.34. The molecule has 0 saturated heterocycles. The molecule has 18 heavy (non-hydrogen) atoms. The molecule has 3 heteroatoms. The molecule has 100 valence electrons. The first-order valence-corrected chi connectivity index (χ1v) is 7.12. The molecule has 0 amide bonds. The molecular formula is C15H20ClFO. The van der Waals surface area contributed by atoms with Crippen LogP contribution in [-0.2, 0) is 0 Å². The molecule has 1 fully saturated rings. The lowest BCUT2D eigenvalue weighted by molar-refractivity contribution is 0.0676. The van der Waals surface area contributed by atoms with E-state index in [1.807, 2.05) is 0 Å². The topological polar surface area (TPSA) is 20.2 Å². The Bertz CT molecular complexity index is 387. The molecule has 0 spiro atoms. The molecule has 3 unspecified atom stereocenters.